The summed E-state index contributed by atoms with van der Waals surface area (Å²) in [6.07, 6.45) is 4.46. The van der Waals surface area contributed by atoms with Crippen LogP contribution < -0.4 is 11.1 Å². The van der Waals surface area contributed by atoms with Gasteiger partial charge in [0.2, 0.25) is 5.91 Å². The Balaban J connectivity index is 1.98. The molecule has 2 aromatic rings. The average molecular weight is 290 g/mol. The molecule has 0 fully saturated rings. The molecule has 0 unspecified atom stereocenters. The summed E-state index contributed by atoms with van der Waals surface area (Å²) in [7, 11) is 0. The van der Waals surface area contributed by atoms with Crippen LogP contribution in [0.5, 0.6) is 0 Å². The molecule has 1 atom stereocenters. The Morgan fingerprint density at radius 2 is 2.15 bits per heavy atom. The average Bonchev–Trinajstić information content (AvgIpc) is 2.94. The van der Waals surface area contributed by atoms with Gasteiger partial charge in [-0.25, -0.2) is 4.68 Å². The van der Waals surface area contributed by atoms with Gasteiger partial charge in [-0.2, -0.15) is 16.9 Å². The summed E-state index contributed by atoms with van der Waals surface area (Å²) >= 11 is 1.68. The summed E-state index contributed by atoms with van der Waals surface area (Å²) in [5, 5.41) is 7.04. The number of carbonyl (C=O) groups excluding carboxylic acids is 1. The largest absolute Gasteiger partial charge is 0.320 e. The van der Waals surface area contributed by atoms with Gasteiger partial charge in [-0.3, -0.25) is 4.79 Å². The van der Waals surface area contributed by atoms with Crippen LogP contribution in [-0.4, -0.2) is 33.7 Å². The minimum Gasteiger partial charge on any atom is -0.320 e. The van der Waals surface area contributed by atoms with Gasteiger partial charge in [0.15, 0.2) is 5.82 Å². The van der Waals surface area contributed by atoms with Crippen molar-refractivity contribution < 1.29 is 4.79 Å². The number of nitrogens with two attached hydrogens (primary N) is 1. The lowest BCUT2D eigenvalue weighted by atomic mass is 10.2. The van der Waals surface area contributed by atoms with Crippen molar-refractivity contribution in [3.05, 3.63) is 42.6 Å². The third-order valence-electron chi connectivity index (χ3n) is 2.83. The summed E-state index contributed by atoms with van der Waals surface area (Å²) in [5.74, 6) is 1.18. The predicted octanol–water partition coefficient (Wildman–Crippen LogP) is 1.89. The molecule has 20 heavy (non-hydrogen) atoms. The van der Waals surface area contributed by atoms with Crippen molar-refractivity contribution in [1.29, 1.82) is 0 Å². The van der Waals surface area contributed by atoms with Crippen LogP contribution in [0.15, 0.2) is 42.6 Å². The second-order valence-corrected chi connectivity index (χ2v) is 5.34. The fraction of sp³-hybridized carbons (Fsp3) is 0.286. The Morgan fingerprint density at radius 1 is 1.40 bits per heavy atom. The molecule has 0 aliphatic rings. The highest BCUT2D eigenvalue weighted by Crippen LogP contribution is 2.10. The SMILES string of the molecule is CSCC[C@H](N)C(=O)Nc1ccn(-c2ccccc2)n1. The number of benzene rings is 1. The van der Waals surface area contributed by atoms with E-state index in [4.69, 9.17) is 5.73 Å². The number of thioether (sulfide) groups is 1. The molecular formula is C14H18N4OS. The van der Waals surface area contributed by atoms with E-state index in [-0.39, 0.29) is 5.91 Å². The van der Waals surface area contributed by atoms with Gasteiger partial charge in [-0.1, -0.05) is 18.2 Å². The van der Waals surface area contributed by atoms with Gasteiger partial charge in [0.1, 0.15) is 0 Å². The van der Waals surface area contributed by atoms with Gasteiger partial charge in [-0.05, 0) is 30.6 Å². The number of amides is 1. The highest BCUT2D eigenvalue weighted by Gasteiger charge is 2.14. The van der Waals surface area contributed by atoms with Crippen LogP contribution in [0.1, 0.15) is 6.42 Å². The monoisotopic (exact) mass is 290 g/mol. The third kappa shape index (κ3) is 3.85. The summed E-state index contributed by atoms with van der Waals surface area (Å²) in [5.41, 5.74) is 6.75. The van der Waals surface area contributed by atoms with E-state index in [0.29, 0.717) is 12.2 Å². The molecule has 1 aromatic carbocycles. The minimum absolute atomic E-state index is 0.197. The van der Waals surface area contributed by atoms with Crippen LogP contribution in [0.3, 0.4) is 0 Å². The van der Waals surface area contributed by atoms with Crippen molar-refractivity contribution in [2.24, 2.45) is 5.73 Å². The Hall–Kier alpha value is -1.79. The zero-order valence-corrected chi connectivity index (χ0v) is 12.1. The molecule has 0 aliphatic carbocycles. The van der Waals surface area contributed by atoms with Gasteiger partial charge < -0.3 is 11.1 Å². The number of rotatable bonds is 6. The molecule has 0 saturated carbocycles. The number of para-hydroxylation sites is 1. The topological polar surface area (TPSA) is 72.9 Å². The second-order valence-electron chi connectivity index (χ2n) is 4.36. The third-order valence-corrected chi connectivity index (χ3v) is 3.47. The number of hydrogen-bond donors (Lipinski definition) is 2. The fourth-order valence-corrected chi connectivity index (χ4v) is 2.20. The zero-order valence-electron chi connectivity index (χ0n) is 11.3. The fourth-order valence-electron chi connectivity index (χ4n) is 1.71. The van der Waals surface area contributed by atoms with Crippen LogP contribution in [0, 0.1) is 0 Å². The van der Waals surface area contributed by atoms with Crippen molar-refractivity contribution in [1.82, 2.24) is 9.78 Å². The van der Waals surface area contributed by atoms with Crippen LogP contribution in [0.2, 0.25) is 0 Å². The number of hydrogen-bond acceptors (Lipinski definition) is 4. The second kappa shape index (κ2) is 7.12. The number of nitrogens with zero attached hydrogens (tertiary/aromatic N) is 2. The molecule has 0 radical (unpaired) electrons. The van der Waals surface area contributed by atoms with Crippen molar-refractivity contribution in [2.75, 3.05) is 17.3 Å². The van der Waals surface area contributed by atoms with Crippen LogP contribution in [0.4, 0.5) is 5.82 Å². The lowest BCUT2D eigenvalue weighted by molar-refractivity contribution is -0.117. The van der Waals surface area contributed by atoms with Crippen LogP contribution in [-0.2, 0) is 4.79 Å². The van der Waals surface area contributed by atoms with Gasteiger partial charge in [0.05, 0.1) is 11.7 Å². The van der Waals surface area contributed by atoms with E-state index >= 15 is 0 Å². The standard InChI is InChI=1S/C14H18N4OS/c1-20-10-8-12(15)14(19)16-13-7-9-18(17-13)11-5-3-2-4-6-11/h2-7,9,12H,8,10,15H2,1H3,(H,16,17,19)/t12-/m0/s1. The molecule has 1 heterocycles. The first-order valence-corrected chi connectivity index (χ1v) is 7.76. The molecule has 3 N–H and O–H groups in total. The molecule has 5 nitrogen and oxygen atoms in total. The summed E-state index contributed by atoms with van der Waals surface area (Å²) in [4.78, 5) is 11.9. The highest BCUT2D eigenvalue weighted by atomic mass is 32.2. The molecule has 2 rings (SSSR count). The summed E-state index contributed by atoms with van der Waals surface area (Å²) < 4.78 is 1.71. The van der Waals surface area contributed by atoms with Crippen LogP contribution in [0.25, 0.3) is 5.69 Å². The molecule has 1 aromatic heterocycles. The maximum Gasteiger partial charge on any atom is 0.242 e. The number of nitrogens with one attached hydrogen (secondary N) is 1. The van der Waals surface area contributed by atoms with E-state index in [2.05, 4.69) is 10.4 Å². The van der Waals surface area contributed by atoms with E-state index in [0.717, 1.165) is 11.4 Å². The molecule has 0 bridgehead atoms. The van der Waals surface area contributed by atoms with Crippen molar-refractivity contribution in [3.8, 4) is 5.69 Å². The predicted molar refractivity (Wildman–Crippen MR) is 83.2 cm³/mol. The molecule has 6 heteroatoms. The maximum absolute atomic E-state index is 11.9. The smallest absolute Gasteiger partial charge is 0.242 e. The number of aromatic nitrogens is 2. The van der Waals surface area contributed by atoms with Gasteiger partial charge in [-0.15, -0.1) is 0 Å². The molecular weight excluding hydrogens is 272 g/mol. The summed E-state index contributed by atoms with van der Waals surface area (Å²) in [6.45, 7) is 0. The van der Waals surface area contributed by atoms with E-state index in [1.165, 1.54) is 0 Å². The number of carbonyl (C=O) groups is 1. The molecule has 1 amide bonds. The first-order chi connectivity index (χ1) is 9.70. The minimum atomic E-state index is -0.496. The maximum atomic E-state index is 11.9. The van der Waals surface area contributed by atoms with E-state index in [1.807, 2.05) is 36.6 Å². The molecule has 0 aliphatic heterocycles. The number of anilines is 1. The lowest BCUT2D eigenvalue weighted by Crippen LogP contribution is -2.36. The van der Waals surface area contributed by atoms with Gasteiger partial charge in [0.25, 0.3) is 0 Å². The Bertz CT molecular complexity index is 555. The quantitative estimate of drug-likeness (QED) is 0.852. The highest BCUT2D eigenvalue weighted by molar-refractivity contribution is 7.98. The molecule has 0 saturated heterocycles. The molecule has 0 spiro atoms. The first-order valence-electron chi connectivity index (χ1n) is 6.37. The molecule has 106 valence electrons. The first kappa shape index (κ1) is 14.6. The van der Waals surface area contributed by atoms with Crippen molar-refractivity contribution >= 4 is 23.5 Å². The van der Waals surface area contributed by atoms with E-state index in [1.54, 1.807) is 28.7 Å². The zero-order chi connectivity index (χ0) is 14.4. The van der Waals surface area contributed by atoms with Crippen LogP contribution >= 0.6 is 11.8 Å². The van der Waals surface area contributed by atoms with Crippen molar-refractivity contribution in [3.63, 3.8) is 0 Å². The Labute approximate surface area is 122 Å². The Kier molecular flexibility index (Phi) is 5.20. The van der Waals surface area contributed by atoms with Crippen molar-refractivity contribution in [2.45, 2.75) is 12.5 Å². The van der Waals surface area contributed by atoms with Gasteiger partial charge >= 0.3 is 0 Å². The van der Waals surface area contributed by atoms with Gasteiger partial charge in [0, 0.05) is 12.3 Å². The lowest BCUT2D eigenvalue weighted by Gasteiger charge is -2.09. The summed E-state index contributed by atoms with van der Waals surface area (Å²) in [6, 6.07) is 11.0. The Morgan fingerprint density at radius 3 is 2.85 bits per heavy atom. The normalized spacial score (nSPS) is 12.1. The van der Waals surface area contributed by atoms with E-state index < -0.39 is 6.04 Å². The van der Waals surface area contributed by atoms with E-state index in [9.17, 15) is 4.79 Å².